The van der Waals surface area contributed by atoms with Crippen LogP contribution in [0, 0.1) is 5.82 Å². The number of rotatable bonds is 6. The summed E-state index contributed by atoms with van der Waals surface area (Å²) in [6, 6.07) is 16.5. The first-order chi connectivity index (χ1) is 14.1. The van der Waals surface area contributed by atoms with Gasteiger partial charge in [-0.2, -0.15) is 9.67 Å². The molecule has 6 nitrogen and oxygen atoms in total. The van der Waals surface area contributed by atoms with Gasteiger partial charge in [-0.3, -0.25) is 4.79 Å². The minimum absolute atomic E-state index is 0.316. The van der Waals surface area contributed by atoms with Gasteiger partial charge in [0.25, 0.3) is 5.91 Å². The van der Waals surface area contributed by atoms with Gasteiger partial charge in [-0.05, 0) is 60.0 Å². The fraction of sp³-hybridized carbons (Fsp3) is 0.0952. The summed E-state index contributed by atoms with van der Waals surface area (Å²) in [6.45, 7) is 0.509. The molecule has 0 aliphatic rings. The van der Waals surface area contributed by atoms with Crippen LogP contribution in [-0.2, 0) is 6.54 Å². The number of methoxy groups -OCH3 is 1. The monoisotopic (exact) mass is 408 g/mol. The third-order valence-corrected chi connectivity index (χ3v) is 5.12. The summed E-state index contributed by atoms with van der Waals surface area (Å²) >= 11 is 1.60. The number of benzene rings is 2. The average molecular weight is 408 g/mol. The second kappa shape index (κ2) is 8.24. The number of thiophene rings is 1. The molecule has 0 bridgehead atoms. The first-order valence-corrected chi connectivity index (χ1v) is 9.70. The number of carbonyl (C=O) groups is 1. The summed E-state index contributed by atoms with van der Waals surface area (Å²) in [7, 11) is 1.59. The number of hydrogen-bond donors (Lipinski definition) is 1. The molecule has 4 rings (SSSR count). The lowest BCUT2D eigenvalue weighted by Gasteiger charge is -2.06. The molecule has 0 fully saturated rings. The topological polar surface area (TPSA) is 69.0 Å². The Labute approximate surface area is 170 Å². The standard InChI is InChI=1S/C21H17FN4O2S/c1-28-17-10-6-14(7-11-17)19-24-21(23-13-18-3-2-12-29-18)26(25-19)20(27)15-4-8-16(22)9-5-15/h2-12H,13H2,1H3,(H,23,24,25). The molecule has 0 unspecified atom stereocenters. The number of anilines is 1. The third-order valence-electron chi connectivity index (χ3n) is 4.24. The van der Waals surface area contributed by atoms with Gasteiger partial charge in [0.15, 0.2) is 5.82 Å². The average Bonchev–Trinajstić information content (AvgIpc) is 3.42. The number of halogens is 1. The zero-order valence-electron chi connectivity index (χ0n) is 15.5. The normalized spacial score (nSPS) is 10.7. The van der Waals surface area contributed by atoms with E-state index in [9.17, 15) is 9.18 Å². The van der Waals surface area contributed by atoms with E-state index >= 15 is 0 Å². The fourth-order valence-electron chi connectivity index (χ4n) is 2.72. The Balaban J connectivity index is 1.69. The molecule has 0 aliphatic heterocycles. The first kappa shape index (κ1) is 18.8. The summed E-state index contributed by atoms with van der Waals surface area (Å²) in [5.41, 5.74) is 1.06. The van der Waals surface area contributed by atoms with Crippen LogP contribution in [0.2, 0.25) is 0 Å². The van der Waals surface area contributed by atoms with Gasteiger partial charge in [-0.1, -0.05) is 6.07 Å². The molecule has 0 atom stereocenters. The lowest BCUT2D eigenvalue weighted by Crippen LogP contribution is -2.17. The van der Waals surface area contributed by atoms with Crippen molar-refractivity contribution in [3.63, 3.8) is 0 Å². The molecule has 0 amide bonds. The number of nitrogens with zero attached hydrogens (tertiary/aromatic N) is 3. The van der Waals surface area contributed by atoms with Crippen LogP contribution in [0.1, 0.15) is 15.2 Å². The molecule has 2 aromatic heterocycles. The van der Waals surface area contributed by atoms with Crippen LogP contribution in [0.3, 0.4) is 0 Å². The van der Waals surface area contributed by atoms with E-state index in [0.717, 1.165) is 10.4 Å². The maximum absolute atomic E-state index is 13.2. The van der Waals surface area contributed by atoms with Crippen molar-refractivity contribution < 1.29 is 13.9 Å². The summed E-state index contributed by atoms with van der Waals surface area (Å²) in [6.07, 6.45) is 0. The van der Waals surface area contributed by atoms with Crippen molar-refractivity contribution in [3.05, 3.63) is 82.3 Å². The number of carbonyl (C=O) groups excluding carboxylic acids is 1. The Hall–Kier alpha value is -3.52. The van der Waals surface area contributed by atoms with Crippen LogP contribution in [0.4, 0.5) is 10.3 Å². The number of hydrogen-bond acceptors (Lipinski definition) is 6. The second-order valence-corrected chi connectivity index (χ2v) is 7.18. The summed E-state index contributed by atoms with van der Waals surface area (Å²) in [5, 5.41) is 9.55. The van der Waals surface area contributed by atoms with Crippen LogP contribution < -0.4 is 10.1 Å². The summed E-state index contributed by atoms with van der Waals surface area (Å²) in [5.74, 6) is 0.628. The van der Waals surface area contributed by atoms with E-state index in [-0.39, 0.29) is 0 Å². The highest BCUT2D eigenvalue weighted by molar-refractivity contribution is 7.09. The highest BCUT2D eigenvalue weighted by atomic mass is 32.1. The highest BCUT2D eigenvalue weighted by Crippen LogP contribution is 2.22. The van der Waals surface area contributed by atoms with Crippen LogP contribution >= 0.6 is 11.3 Å². The quantitative estimate of drug-likeness (QED) is 0.510. The highest BCUT2D eigenvalue weighted by Gasteiger charge is 2.19. The molecule has 0 radical (unpaired) electrons. The van der Waals surface area contributed by atoms with Gasteiger partial charge in [-0.25, -0.2) is 4.39 Å². The first-order valence-electron chi connectivity index (χ1n) is 8.82. The maximum atomic E-state index is 13.2. The zero-order chi connectivity index (χ0) is 20.2. The molecule has 0 aliphatic carbocycles. The molecule has 0 saturated carbocycles. The van der Waals surface area contributed by atoms with Crippen molar-refractivity contribution in [2.75, 3.05) is 12.4 Å². The molecule has 1 N–H and O–H groups in total. The lowest BCUT2D eigenvalue weighted by molar-refractivity contribution is 0.0947. The molecular formula is C21H17FN4O2S. The Morgan fingerprint density at radius 2 is 1.90 bits per heavy atom. The molecule has 2 aromatic carbocycles. The number of ether oxygens (including phenoxy) is 1. The van der Waals surface area contributed by atoms with E-state index in [2.05, 4.69) is 15.4 Å². The molecule has 0 saturated heterocycles. The van der Waals surface area contributed by atoms with Gasteiger partial charge in [0.05, 0.1) is 13.7 Å². The van der Waals surface area contributed by atoms with Crippen LogP contribution in [0.5, 0.6) is 5.75 Å². The molecular weight excluding hydrogens is 391 g/mol. The minimum Gasteiger partial charge on any atom is -0.497 e. The Kier molecular flexibility index (Phi) is 5.35. The zero-order valence-corrected chi connectivity index (χ0v) is 16.3. The molecule has 29 heavy (non-hydrogen) atoms. The molecule has 4 aromatic rings. The Morgan fingerprint density at radius 1 is 1.14 bits per heavy atom. The van der Waals surface area contributed by atoms with E-state index in [1.54, 1.807) is 30.6 Å². The van der Waals surface area contributed by atoms with Crippen molar-refractivity contribution in [2.45, 2.75) is 6.54 Å². The van der Waals surface area contributed by atoms with Crippen LogP contribution in [-0.4, -0.2) is 27.8 Å². The molecule has 0 spiro atoms. The molecule has 8 heteroatoms. The second-order valence-electron chi connectivity index (χ2n) is 6.14. The molecule has 146 valence electrons. The van der Waals surface area contributed by atoms with Gasteiger partial charge in [0, 0.05) is 16.0 Å². The van der Waals surface area contributed by atoms with E-state index in [4.69, 9.17) is 4.74 Å². The third kappa shape index (κ3) is 4.17. The van der Waals surface area contributed by atoms with E-state index in [0.29, 0.717) is 29.6 Å². The van der Waals surface area contributed by atoms with Crippen molar-refractivity contribution in [2.24, 2.45) is 0 Å². The van der Waals surface area contributed by atoms with E-state index in [1.807, 2.05) is 29.6 Å². The van der Waals surface area contributed by atoms with Gasteiger partial charge in [0.1, 0.15) is 11.6 Å². The Morgan fingerprint density at radius 3 is 2.55 bits per heavy atom. The Bertz CT molecular complexity index is 1110. The SMILES string of the molecule is COc1ccc(-c2nc(NCc3cccs3)n(C(=O)c3ccc(F)cc3)n2)cc1. The van der Waals surface area contributed by atoms with Crippen molar-refractivity contribution >= 4 is 23.2 Å². The number of aromatic nitrogens is 3. The van der Waals surface area contributed by atoms with Crippen LogP contribution in [0.25, 0.3) is 11.4 Å². The van der Waals surface area contributed by atoms with E-state index in [1.165, 1.54) is 28.9 Å². The number of nitrogens with one attached hydrogen (secondary N) is 1. The van der Waals surface area contributed by atoms with Gasteiger partial charge < -0.3 is 10.1 Å². The van der Waals surface area contributed by atoms with Crippen molar-refractivity contribution in [3.8, 4) is 17.1 Å². The van der Waals surface area contributed by atoms with E-state index < -0.39 is 11.7 Å². The fourth-order valence-corrected chi connectivity index (χ4v) is 3.37. The van der Waals surface area contributed by atoms with Crippen LogP contribution in [0.15, 0.2) is 66.0 Å². The summed E-state index contributed by atoms with van der Waals surface area (Å²) < 4.78 is 19.6. The predicted molar refractivity (Wildman–Crippen MR) is 110 cm³/mol. The van der Waals surface area contributed by atoms with Gasteiger partial charge >= 0.3 is 0 Å². The largest absolute Gasteiger partial charge is 0.497 e. The summed E-state index contributed by atoms with van der Waals surface area (Å²) in [4.78, 5) is 18.6. The van der Waals surface area contributed by atoms with Crippen molar-refractivity contribution in [1.29, 1.82) is 0 Å². The minimum atomic E-state index is -0.407. The molecule has 2 heterocycles. The maximum Gasteiger partial charge on any atom is 0.281 e. The lowest BCUT2D eigenvalue weighted by atomic mass is 10.2. The smallest absolute Gasteiger partial charge is 0.281 e. The predicted octanol–water partition coefficient (Wildman–Crippen LogP) is 4.45. The van der Waals surface area contributed by atoms with Crippen molar-refractivity contribution in [1.82, 2.24) is 14.8 Å². The van der Waals surface area contributed by atoms with Gasteiger partial charge in [-0.15, -0.1) is 16.4 Å². The van der Waals surface area contributed by atoms with Gasteiger partial charge in [0.2, 0.25) is 5.95 Å².